The van der Waals surface area contributed by atoms with Crippen LogP contribution in [0.25, 0.3) is 0 Å². The Kier molecular flexibility index (Phi) is 5.96. The van der Waals surface area contributed by atoms with Crippen molar-refractivity contribution in [2.24, 2.45) is 0 Å². The van der Waals surface area contributed by atoms with Crippen LogP contribution in [0.2, 0.25) is 0 Å². The van der Waals surface area contributed by atoms with Crippen LogP contribution in [0.15, 0.2) is 0 Å². The molecular weight excluding hydrogens is 393 g/mol. The minimum absolute atomic E-state index is 0.148. The van der Waals surface area contributed by atoms with Gasteiger partial charge in [0.15, 0.2) is 0 Å². The molecule has 0 aromatic rings. The molecule has 6 nitrogen and oxygen atoms in total. The highest BCUT2D eigenvalue weighted by Gasteiger charge is 2.85. The Bertz CT molecular complexity index is 598. The predicted octanol–water partition coefficient (Wildman–Crippen LogP) is 1.72. The van der Waals surface area contributed by atoms with Crippen LogP contribution >= 0.6 is 0 Å². The minimum Gasteiger partial charge on any atom is -0.296 e. The number of hydrogen-bond donors (Lipinski definition) is 2. The molecule has 0 spiro atoms. The van der Waals surface area contributed by atoms with E-state index in [4.69, 9.17) is 4.55 Å². The molecule has 0 saturated carbocycles. The molecule has 0 aromatic heterocycles. The van der Waals surface area contributed by atoms with Crippen LogP contribution in [0.4, 0.5) is 39.5 Å². The first kappa shape index (κ1) is 22.4. The summed E-state index contributed by atoms with van der Waals surface area (Å²) in [5.41, 5.74) is 0. The van der Waals surface area contributed by atoms with E-state index in [0.717, 1.165) is 0 Å². The smallest absolute Gasteiger partial charge is 0.296 e. The lowest BCUT2D eigenvalue weighted by Gasteiger charge is -2.31. The zero-order valence-corrected chi connectivity index (χ0v) is 11.6. The number of halogens is 9. The molecule has 0 aliphatic carbocycles. The third-order valence-electron chi connectivity index (χ3n) is 2.30. The molecule has 1 aliphatic rings. The van der Waals surface area contributed by atoms with Gasteiger partial charge in [-0.2, -0.15) is 47.9 Å². The van der Waals surface area contributed by atoms with Gasteiger partial charge in [0.25, 0.3) is 0 Å². The summed E-state index contributed by atoms with van der Waals surface area (Å²) in [6, 6.07) is 0. The highest BCUT2D eigenvalue weighted by molar-refractivity contribution is 7.87. The molecule has 0 bridgehead atoms. The molecule has 24 heavy (non-hydrogen) atoms. The van der Waals surface area contributed by atoms with E-state index in [1.54, 1.807) is 0 Å². The third kappa shape index (κ3) is 4.08. The molecular formula is C8H6F9NO5S. The topological polar surface area (TPSA) is 101 Å². The molecule has 2 amide bonds. The molecule has 0 atom stereocenters. The fourth-order valence-corrected chi connectivity index (χ4v) is 1.48. The van der Waals surface area contributed by atoms with Gasteiger partial charge < -0.3 is 0 Å². The standard InChI is InChI=1S/C4HF9O3S.C4H5NO2/c5-1(6,3(9,10)11)2(7,8)4(12,13)17(14,15)16;6-3-1-2-4(7)5-3/h(H,14,15,16);1-2H2,(H,5,6,7). The van der Waals surface area contributed by atoms with Gasteiger partial charge in [-0.1, -0.05) is 0 Å². The molecule has 1 fully saturated rings. The van der Waals surface area contributed by atoms with Gasteiger partial charge in [0, 0.05) is 12.8 Å². The normalized spacial score (nSPS) is 17.2. The number of amides is 2. The van der Waals surface area contributed by atoms with Crippen molar-refractivity contribution >= 4 is 21.9 Å². The second-order valence-electron chi connectivity index (χ2n) is 4.11. The molecule has 1 heterocycles. The van der Waals surface area contributed by atoms with Crippen molar-refractivity contribution in [3.05, 3.63) is 0 Å². The largest absolute Gasteiger partial charge is 0.460 e. The van der Waals surface area contributed by atoms with Crippen molar-refractivity contribution in [1.29, 1.82) is 0 Å². The van der Waals surface area contributed by atoms with Gasteiger partial charge in [-0.15, -0.1) is 0 Å². The second kappa shape index (κ2) is 6.38. The summed E-state index contributed by atoms with van der Waals surface area (Å²) in [4.78, 5) is 20.2. The lowest BCUT2D eigenvalue weighted by atomic mass is 10.1. The Balaban J connectivity index is 0.000000620. The first-order valence-electron chi connectivity index (χ1n) is 5.29. The van der Waals surface area contributed by atoms with Crippen molar-refractivity contribution in [1.82, 2.24) is 5.32 Å². The molecule has 2 N–H and O–H groups in total. The zero-order valence-electron chi connectivity index (χ0n) is 10.8. The number of carbonyl (C=O) groups excluding carboxylic acids is 2. The van der Waals surface area contributed by atoms with Gasteiger partial charge in [0.2, 0.25) is 11.8 Å². The average Bonchev–Trinajstić information content (AvgIpc) is 2.70. The van der Waals surface area contributed by atoms with E-state index in [1.165, 1.54) is 0 Å². The predicted molar refractivity (Wildman–Crippen MR) is 54.8 cm³/mol. The minimum atomic E-state index is -7.37. The Labute approximate surface area is 126 Å². The molecule has 16 heteroatoms. The molecule has 0 radical (unpaired) electrons. The summed E-state index contributed by atoms with van der Waals surface area (Å²) in [7, 11) is -7.17. The number of carbonyl (C=O) groups is 2. The number of nitrogens with one attached hydrogen (secondary N) is 1. The summed E-state index contributed by atoms with van der Waals surface area (Å²) in [6.07, 6.45) is -6.39. The van der Waals surface area contributed by atoms with E-state index in [2.05, 4.69) is 5.32 Å². The van der Waals surface area contributed by atoms with E-state index >= 15 is 0 Å². The van der Waals surface area contributed by atoms with Crippen LogP contribution in [0.3, 0.4) is 0 Å². The Morgan fingerprint density at radius 2 is 1.12 bits per heavy atom. The van der Waals surface area contributed by atoms with E-state index in [-0.39, 0.29) is 11.8 Å². The first-order chi connectivity index (χ1) is 10.3. The summed E-state index contributed by atoms with van der Waals surface area (Å²) in [5, 5.41) is -4.86. The highest BCUT2D eigenvalue weighted by Crippen LogP contribution is 2.54. The summed E-state index contributed by atoms with van der Waals surface area (Å²) in [6.45, 7) is 0. The lowest BCUT2D eigenvalue weighted by Crippen LogP contribution is -2.63. The van der Waals surface area contributed by atoms with Crippen LogP contribution in [-0.2, 0) is 19.7 Å². The molecule has 1 rings (SSSR count). The SMILES string of the molecule is O=C1CCC(=O)N1.O=S(=O)(O)C(F)(F)C(F)(F)C(F)(F)C(F)(F)F. The average molecular weight is 399 g/mol. The second-order valence-corrected chi connectivity index (χ2v) is 5.57. The van der Waals surface area contributed by atoms with Crippen LogP contribution in [0.1, 0.15) is 12.8 Å². The van der Waals surface area contributed by atoms with Crippen molar-refractivity contribution in [2.45, 2.75) is 36.1 Å². The summed E-state index contributed by atoms with van der Waals surface area (Å²) < 4.78 is 134. The monoisotopic (exact) mass is 399 g/mol. The van der Waals surface area contributed by atoms with Crippen LogP contribution in [-0.4, -0.2) is 48.1 Å². The molecule has 1 aliphatic heterocycles. The van der Waals surface area contributed by atoms with Gasteiger partial charge in [-0.3, -0.25) is 19.5 Å². The van der Waals surface area contributed by atoms with Crippen LogP contribution < -0.4 is 5.32 Å². The number of imide groups is 1. The number of alkyl halides is 9. The molecule has 142 valence electrons. The van der Waals surface area contributed by atoms with Crippen molar-refractivity contribution < 1.29 is 62.1 Å². The van der Waals surface area contributed by atoms with E-state index in [9.17, 15) is 57.5 Å². The fraction of sp³-hybridized carbons (Fsp3) is 0.750. The number of hydrogen-bond acceptors (Lipinski definition) is 4. The van der Waals surface area contributed by atoms with Crippen molar-refractivity contribution in [2.75, 3.05) is 0 Å². The van der Waals surface area contributed by atoms with Gasteiger partial charge in [0.05, 0.1) is 0 Å². The lowest BCUT2D eigenvalue weighted by molar-refractivity contribution is -0.382. The Hall–Kier alpha value is -1.58. The van der Waals surface area contributed by atoms with Crippen molar-refractivity contribution in [3.63, 3.8) is 0 Å². The van der Waals surface area contributed by atoms with E-state index < -0.39 is 33.4 Å². The number of rotatable bonds is 3. The van der Waals surface area contributed by atoms with Gasteiger partial charge in [-0.05, 0) is 0 Å². The van der Waals surface area contributed by atoms with Crippen molar-refractivity contribution in [3.8, 4) is 0 Å². The maximum Gasteiger partial charge on any atom is 0.460 e. The third-order valence-corrected chi connectivity index (χ3v) is 3.20. The molecule has 0 unspecified atom stereocenters. The first-order valence-corrected chi connectivity index (χ1v) is 6.73. The fourth-order valence-electron chi connectivity index (χ4n) is 1.03. The summed E-state index contributed by atoms with van der Waals surface area (Å²) >= 11 is 0. The maximum absolute atomic E-state index is 12.2. The zero-order chi connectivity index (χ0) is 19.8. The quantitative estimate of drug-likeness (QED) is 0.428. The Morgan fingerprint density at radius 3 is 1.29 bits per heavy atom. The van der Waals surface area contributed by atoms with Gasteiger partial charge in [0.1, 0.15) is 0 Å². The molecule has 1 saturated heterocycles. The van der Waals surface area contributed by atoms with Crippen LogP contribution in [0.5, 0.6) is 0 Å². The van der Waals surface area contributed by atoms with Crippen LogP contribution in [0, 0.1) is 0 Å². The molecule has 0 aromatic carbocycles. The van der Waals surface area contributed by atoms with Gasteiger partial charge in [-0.25, -0.2) is 0 Å². The summed E-state index contributed by atoms with van der Waals surface area (Å²) in [5.74, 6) is -15.0. The highest BCUT2D eigenvalue weighted by atomic mass is 32.2. The Morgan fingerprint density at radius 1 is 0.792 bits per heavy atom. The van der Waals surface area contributed by atoms with E-state index in [1.807, 2.05) is 0 Å². The van der Waals surface area contributed by atoms with Gasteiger partial charge >= 0.3 is 33.4 Å². The maximum atomic E-state index is 12.2. The van der Waals surface area contributed by atoms with E-state index in [0.29, 0.717) is 12.8 Å².